The third-order valence-electron chi connectivity index (χ3n) is 6.20. The molecule has 2 unspecified atom stereocenters. The van der Waals surface area contributed by atoms with Crippen LogP contribution in [0.25, 0.3) is 0 Å². The zero-order chi connectivity index (χ0) is 17.2. The molecular formula is C22H32N2S. The van der Waals surface area contributed by atoms with E-state index in [4.69, 9.17) is 0 Å². The third kappa shape index (κ3) is 4.25. The van der Waals surface area contributed by atoms with E-state index in [1.54, 1.807) is 21.0 Å². The standard InChI is InChI=1S/C22H32N2S/c1-16-6-8-17(2)21(9-7-16)25-22-15-19-14-18(19)4-3-5-20(22)24-12-10-23-11-13-24/h3,5-6,18-19,23H,4,7-15H2,1-2H3/b5-3-,22-20-. The molecule has 1 heterocycles. The fourth-order valence-corrected chi connectivity index (χ4v) is 5.63. The van der Waals surface area contributed by atoms with Crippen LogP contribution in [0.15, 0.2) is 44.9 Å². The predicted octanol–water partition coefficient (Wildman–Crippen LogP) is 5.23. The normalized spacial score (nSPS) is 34.6. The molecule has 0 amide bonds. The van der Waals surface area contributed by atoms with Crippen molar-refractivity contribution in [2.45, 2.75) is 52.4 Å². The van der Waals surface area contributed by atoms with Gasteiger partial charge in [0.1, 0.15) is 0 Å². The number of thioether (sulfide) groups is 1. The molecule has 1 N–H and O–H groups in total. The molecule has 0 radical (unpaired) electrons. The Bertz CT molecular complexity index is 634. The van der Waals surface area contributed by atoms with Crippen molar-refractivity contribution in [1.82, 2.24) is 10.2 Å². The molecule has 2 nitrogen and oxygen atoms in total. The van der Waals surface area contributed by atoms with Gasteiger partial charge in [0, 0.05) is 36.8 Å². The van der Waals surface area contributed by atoms with E-state index in [1.165, 1.54) is 37.8 Å². The molecule has 3 aliphatic carbocycles. The van der Waals surface area contributed by atoms with E-state index < -0.39 is 0 Å². The van der Waals surface area contributed by atoms with Gasteiger partial charge in [-0.25, -0.2) is 0 Å². The van der Waals surface area contributed by atoms with E-state index >= 15 is 0 Å². The molecule has 0 spiro atoms. The van der Waals surface area contributed by atoms with Gasteiger partial charge in [-0.05, 0) is 75.2 Å². The van der Waals surface area contributed by atoms with Crippen molar-refractivity contribution in [3.63, 3.8) is 0 Å². The minimum Gasteiger partial charge on any atom is -0.368 e. The first-order chi connectivity index (χ1) is 12.2. The third-order valence-corrected chi connectivity index (χ3v) is 7.62. The smallest absolute Gasteiger partial charge is 0.0464 e. The summed E-state index contributed by atoms with van der Waals surface area (Å²) in [6.07, 6.45) is 15.0. The summed E-state index contributed by atoms with van der Waals surface area (Å²) in [6.45, 7) is 9.17. The van der Waals surface area contributed by atoms with Crippen molar-refractivity contribution in [2.75, 3.05) is 26.2 Å². The van der Waals surface area contributed by atoms with E-state index in [-0.39, 0.29) is 0 Å². The summed E-state index contributed by atoms with van der Waals surface area (Å²) in [5.41, 5.74) is 4.68. The Morgan fingerprint density at radius 3 is 2.76 bits per heavy atom. The molecule has 0 aromatic rings. The van der Waals surface area contributed by atoms with Gasteiger partial charge in [0.15, 0.2) is 0 Å². The van der Waals surface area contributed by atoms with Crippen LogP contribution in [-0.2, 0) is 0 Å². The first-order valence-corrected chi connectivity index (χ1v) is 10.9. The van der Waals surface area contributed by atoms with E-state index in [0.29, 0.717) is 0 Å². The summed E-state index contributed by atoms with van der Waals surface area (Å²) in [7, 11) is 0. The molecule has 3 heteroatoms. The second kappa shape index (κ2) is 7.75. The molecular weight excluding hydrogens is 324 g/mol. The van der Waals surface area contributed by atoms with Crippen molar-refractivity contribution in [2.24, 2.45) is 11.8 Å². The summed E-state index contributed by atoms with van der Waals surface area (Å²) in [6, 6.07) is 0. The van der Waals surface area contributed by atoms with Crippen molar-refractivity contribution in [1.29, 1.82) is 0 Å². The van der Waals surface area contributed by atoms with Gasteiger partial charge in [0.05, 0.1) is 0 Å². The number of rotatable bonds is 3. The summed E-state index contributed by atoms with van der Waals surface area (Å²) in [4.78, 5) is 5.93. The maximum Gasteiger partial charge on any atom is 0.0464 e. The number of nitrogens with zero attached hydrogens (tertiary/aromatic N) is 1. The Hall–Kier alpha value is -0.930. The fraction of sp³-hybridized carbons (Fsp3) is 0.636. The topological polar surface area (TPSA) is 15.3 Å². The summed E-state index contributed by atoms with van der Waals surface area (Å²) >= 11 is 2.13. The van der Waals surface area contributed by atoms with Crippen LogP contribution in [0, 0.1) is 11.8 Å². The van der Waals surface area contributed by atoms with E-state index in [9.17, 15) is 0 Å². The van der Waals surface area contributed by atoms with Crippen LogP contribution < -0.4 is 5.32 Å². The molecule has 1 saturated carbocycles. The zero-order valence-electron chi connectivity index (χ0n) is 15.8. The van der Waals surface area contributed by atoms with Crippen LogP contribution in [-0.4, -0.2) is 31.1 Å². The minimum absolute atomic E-state index is 0.942. The Balaban J connectivity index is 1.61. The van der Waals surface area contributed by atoms with Gasteiger partial charge in [0.2, 0.25) is 0 Å². The lowest BCUT2D eigenvalue weighted by molar-refractivity contribution is 0.305. The highest BCUT2D eigenvalue weighted by Crippen LogP contribution is 2.51. The number of hydrogen-bond donors (Lipinski definition) is 1. The Morgan fingerprint density at radius 1 is 1.08 bits per heavy atom. The predicted molar refractivity (Wildman–Crippen MR) is 109 cm³/mol. The van der Waals surface area contributed by atoms with Gasteiger partial charge in [-0.2, -0.15) is 0 Å². The van der Waals surface area contributed by atoms with Crippen LogP contribution in [0.5, 0.6) is 0 Å². The fourth-order valence-electron chi connectivity index (χ4n) is 4.27. The second-order valence-electron chi connectivity index (χ2n) is 8.20. The van der Waals surface area contributed by atoms with Gasteiger partial charge in [-0.15, -0.1) is 0 Å². The highest BCUT2D eigenvalue weighted by atomic mass is 32.2. The highest BCUT2D eigenvalue weighted by molar-refractivity contribution is 8.06. The maximum absolute atomic E-state index is 3.50. The average molecular weight is 357 g/mol. The number of hydrogen-bond acceptors (Lipinski definition) is 3. The monoisotopic (exact) mass is 356 g/mol. The van der Waals surface area contributed by atoms with E-state index in [2.05, 4.69) is 54.1 Å². The molecule has 4 aliphatic rings. The molecule has 25 heavy (non-hydrogen) atoms. The number of piperazine rings is 1. The van der Waals surface area contributed by atoms with Crippen LogP contribution in [0.3, 0.4) is 0 Å². The van der Waals surface area contributed by atoms with E-state index in [1.807, 2.05) is 0 Å². The van der Waals surface area contributed by atoms with E-state index in [0.717, 1.165) is 44.4 Å². The lowest BCUT2D eigenvalue weighted by Gasteiger charge is -2.33. The van der Waals surface area contributed by atoms with Crippen LogP contribution >= 0.6 is 11.8 Å². The van der Waals surface area contributed by atoms with Gasteiger partial charge in [-0.3, -0.25) is 0 Å². The Morgan fingerprint density at radius 2 is 1.92 bits per heavy atom. The maximum atomic E-state index is 3.50. The molecule has 2 atom stereocenters. The summed E-state index contributed by atoms with van der Waals surface area (Å²) < 4.78 is 0. The Labute approximate surface area is 157 Å². The van der Waals surface area contributed by atoms with Gasteiger partial charge < -0.3 is 10.2 Å². The molecule has 1 aliphatic heterocycles. The SMILES string of the molecule is CC1=CCC(C)=C(S/C2=C(N3CCNCC3)/C=C\CC3CC3C2)CC1. The molecule has 0 aromatic carbocycles. The molecule has 4 rings (SSSR count). The van der Waals surface area contributed by atoms with Crippen LogP contribution in [0.4, 0.5) is 0 Å². The molecule has 2 fully saturated rings. The van der Waals surface area contributed by atoms with Crippen molar-refractivity contribution >= 4 is 11.8 Å². The lowest BCUT2D eigenvalue weighted by atomic mass is 10.1. The first kappa shape index (κ1) is 17.5. The minimum atomic E-state index is 0.942. The first-order valence-electron chi connectivity index (χ1n) is 10.1. The van der Waals surface area contributed by atoms with Gasteiger partial charge in [-0.1, -0.05) is 35.1 Å². The van der Waals surface area contributed by atoms with Crippen molar-refractivity contribution < 1.29 is 0 Å². The summed E-state index contributed by atoms with van der Waals surface area (Å²) in [5, 5.41) is 3.50. The quantitative estimate of drug-likeness (QED) is 0.697. The largest absolute Gasteiger partial charge is 0.368 e. The van der Waals surface area contributed by atoms with Gasteiger partial charge in [0.25, 0.3) is 0 Å². The van der Waals surface area contributed by atoms with Crippen LogP contribution in [0.1, 0.15) is 52.4 Å². The average Bonchev–Trinajstić information content (AvgIpc) is 3.36. The Kier molecular flexibility index (Phi) is 5.42. The molecule has 136 valence electrons. The summed E-state index contributed by atoms with van der Waals surface area (Å²) in [5.74, 6) is 1.90. The van der Waals surface area contributed by atoms with Crippen molar-refractivity contribution in [3.05, 3.63) is 44.9 Å². The van der Waals surface area contributed by atoms with Gasteiger partial charge >= 0.3 is 0 Å². The molecule has 0 aromatic heterocycles. The highest BCUT2D eigenvalue weighted by Gasteiger charge is 2.38. The second-order valence-corrected chi connectivity index (χ2v) is 9.39. The molecule has 0 bridgehead atoms. The lowest BCUT2D eigenvalue weighted by Crippen LogP contribution is -2.42. The number of allylic oxidation sites excluding steroid dienone is 7. The number of fused-ring (bicyclic) bond motifs is 1. The molecule has 1 saturated heterocycles. The number of nitrogens with one attached hydrogen (secondary N) is 1. The van der Waals surface area contributed by atoms with Crippen LogP contribution in [0.2, 0.25) is 0 Å². The van der Waals surface area contributed by atoms with Crippen molar-refractivity contribution in [3.8, 4) is 0 Å². The zero-order valence-corrected chi connectivity index (χ0v) is 16.6.